The van der Waals surface area contributed by atoms with Crippen molar-refractivity contribution in [2.24, 2.45) is 0 Å². The number of carbonyl (C=O) groups excluding carboxylic acids is 1. The molecule has 0 atom stereocenters. The summed E-state index contributed by atoms with van der Waals surface area (Å²) in [5, 5.41) is 0. The van der Waals surface area contributed by atoms with E-state index in [1.165, 1.54) is 7.11 Å². The van der Waals surface area contributed by atoms with Gasteiger partial charge in [-0.15, -0.1) is 0 Å². The van der Waals surface area contributed by atoms with Crippen LogP contribution in [0.25, 0.3) is 0 Å². The lowest BCUT2D eigenvalue weighted by Gasteiger charge is -2.28. The fraction of sp³-hybridized carbons (Fsp3) is 0.571. The first-order valence-electron chi connectivity index (χ1n) is 6.64. The fourth-order valence-electron chi connectivity index (χ4n) is 2.58. The number of aromatic nitrogens is 1. The number of nitrogens with zero attached hydrogens (tertiary/aromatic N) is 2. The molecule has 5 heteroatoms. The Hall–Kier alpha value is -1.62. The van der Waals surface area contributed by atoms with Gasteiger partial charge in [-0.05, 0) is 24.5 Å². The average Bonchev–Trinajstić information content (AvgIpc) is 3.29. The number of pyridine rings is 1. The molecule has 0 radical (unpaired) electrons. The Bertz CT molecular complexity index is 462. The molecule has 1 saturated carbocycles. The summed E-state index contributed by atoms with van der Waals surface area (Å²) < 4.78 is 10.2. The molecular weight excluding hydrogens is 244 g/mol. The predicted molar refractivity (Wildman–Crippen MR) is 70.2 cm³/mol. The molecule has 1 aromatic rings. The van der Waals surface area contributed by atoms with Crippen LogP contribution in [0.4, 0.5) is 5.82 Å². The second-order valence-electron chi connectivity index (χ2n) is 5.08. The fourth-order valence-corrected chi connectivity index (χ4v) is 2.58. The highest BCUT2D eigenvalue weighted by Crippen LogP contribution is 2.49. The van der Waals surface area contributed by atoms with Gasteiger partial charge in [0, 0.05) is 19.3 Å². The van der Waals surface area contributed by atoms with Crippen LogP contribution in [0.1, 0.15) is 18.4 Å². The van der Waals surface area contributed by atoms with E-state index in [-0.39, 0.29) is 5.97 Å². The lowest BCUT2D eigenvalue weighted by Crippen LogP contribution is -2.36. The number of anilines is 1. The van der Waals surface area contributed by atoms with Crippen LogP contribution in [0.3, 0.4) is 0 Å². The van der Waals surface area contributed by atoms with Crippen molar-refractivity contribution in [3.63, 3.8) is 0 Å². The first kappa shape index (κ1) is 12.4. The van der Waals surface area contributed by atoms with Gasteiger partial charge in [0.15, 0.2) is 0 Å². The quantitative estimate of drug-likeness (QED) is 0.764. The molecule has 0 amide bonds. The van der Waals surface area contributed by atoms with Gasteiger partial charge in [-0.3, -0.25) is 4.79 Å². The smallest absolute Gasteiger partial charge is 0.316 e. The lowest BCUT2D eigenvalue weighted by molar-refractivity contribution is -0.143. The Morgan fingerprint density at radius 2 is 2.11 bits per heavy atom. The maximum Gasteiger partial charge on any atom is 0.316 e. The van der Waals surface area contributed by atoms with E-state index in [2.05, 4.69) is 9.88 Å². The van der Waals surface area contributed by atoms with E-state index in [0.717, 1.165) is 50.5 Å². The summed E-state index contributed by atoms with van der Waals surface area (Å²) in [6.07, 6.45) is 3.53. The van der Waals surface area contributed by atoms with Gasteiger partial charge in [-0.25, -0.2) is 4.98 Å². The van der Waals surface area contributed by atoms with Crippen molar-refractivity contribution in [2.75, 3.05) is 38.3 Å². The Balaban J connectivity index is 1.77. The van der Waals surface area contributed by atoms with Crippen LogP contribution in [0.15, 0.2) is 18.3 Å². The third kappa shape index (κ3) is 2.18. The zero-order chi connectivity index (χ0) is 13.3. The van der Waals surface area contributed by atoms with Gasteiger partial charge in [0.05, 0.1) is 25.7 Å². The number of carbonyl (C=O) groups is 1. The van der Waals surface area contributed by atoms with Gasteiger partial charge in [-0.2, -0.15) is 0 Å². The number of hydrogen-bond acceptors (Lipinski definition) is 5. The van der Waals surface area contributed by atoms with E-state index in [0.29, 0.717) is 0 Å². The monoisotopic (exact) mass is 262 g/mol. The SMILES string of the molecule is COC(=O)C1(c2ccc(N3CCOCC3)nc2)CC1. The van der Waals surface area contributed by atoms with E-state index in [4.69, 9.17) is 9.47 Å². The molecule has 2 aliphatic rings. The lowest BCUT2D eigenvalue weighted by atomic mass is 9.98. The zero-order valence-electron chi connectivity index (χ0n) is 11.1. The van der Waals surface area contributed by atoms with Crippen molar-refractivity contribution in [1.82, 2.24) is 4.98 Å². The van der Waals surface area contributed by atoms with Gasteiger partial charge in [0.25, 0.3) is 0 Å². The van der Waals surface area contributed by atoms with Gasteiger partial charge in [0.1, 0.15) is 5.82 Å². The van der Waals surface area contributed by atoms with Crippen molar-refractivity contribution in [2.45, 2.75) is 18.3 Å². The van der Waals surface area contributed by atoms with E-state index in [1.54, 1.807) is 0 Å². The van der Waals surface area contributed by atoms with Crippen molar-refractivity contribution < 1.29 is 14.3 Å². The molecule has 1 saturated heterocycles. The molecule has 0 aromatic carbocycles. The molecule has 0 spiro atoms. The molecule has 19 heavy (non-hydrogen) atoms. The summed E-state index contributed by atoms with van der Waals surface area (Å²) in [4.78, 5) is 18.5. The first-order chi connectivity index (χ1) is 9.26. The summed E-state index contributed by atoms with van der Waals surface area (Å²) in [5.41, 5.74) is 0.544. The molecule has 3 rings (SSSR count). The molecule has 1 aliphatic carbocycles. The summed E-state index contributed by atoms with van der Waals surface area (Å²) >= 11 is 0. The van der Waals surface area contributed by atoms with Crippen molar-refractivity contribution in [3.05, 3.63) is 23.9 Å². The summed E-state index contributed by atoms with van der Waals surface area (Å²) in [6.45, 7) is 3.23. The average molecular weight is 262 g/mol. The second-order valence-corrected chi connectivity index (χ2v) is 5.08. The van der Waals surface area contributed by atoms with E-state index in [1.807, 2.05) is 18.3 Å². The van der Waals surface area contributed by atoms with Gasteiger partial charge in [-0.1, -0.05) is 6.07 Å². The number of hydrogen-bond donors (Lipinski definition) is 0. The van der Waals surface area contributed by atoms with Crippen LogP contribution >= 0.6 is 0 Å². The van der Waals surface area contributed by atoms with E-state index < -0.39 is 5.41 Å². The minimum absolute atomic E-state index is 0.145. The van der Waals surface area contributed by atoms with Crippen LogP contribution in [0.5, 0.6) is 0 Å². The Morgan fingerprint density at radius 3 is 2.63 bits per heavy atom. The molecule has 0 unspecified atom stereocenters. The summed E-state index contributed by atoms with van der Waals surface area (Å²) in [7, 11) is 1.44. The summed E-state index contributed by atoms with van der Waals surface area (Å²) in [5.74, 6) is 0.807. The topological polar surface area (TPSA) is 51.7 Å². The summed E-state index contributed by atoms with van der Waals surface area (Å²) in [6, 6.07) is 3.99. The third-order valence-electron chi connectivity index (χ3n) is 3.96. The van der Waals surface area contributed by atoms with Crippen LogP contribution in [0.2, 0.25) is 0 Å². The molecular formula is C14H18N2O3. The first-order valence-corrected chi connectivity index (χ1v) is 6.64. The van der Waals surface area contributed by atoms with Crippen molar-refractivity contribution >= 4 is 11.8 Å². The molecule has 5 nitrogen and oxygen atoms in total. The molecule has 2 heterocycles. The third-order valence-corrected chi connectivity index (χ3v) is 3.96. The van der Waals surface area contributed by atoms with E-state index in [9.17, 15) is 4.79 Å². The molecule has 2 fully saturated rings. The van der Waals surface area contributed by atoms with E-state index >= 15 is 0 Å². The molecule has 102 valence electrons. The highest BCUT2D eigenvalue weighted by Gasteiger charge is 2.52. The maximum absolute atomic E-state index is 11.8. The number of ether oxygens (including phenoxy) is 2. The van der Waals surface area contributed by atoms with Gasteiger partial charge < -0.3 is 14.4 Å². The number of esters is 1. The van der Waals surface area contributed by atoms with Gasteiger partial charge in [0.2, 0.25) is 0 Å². The molecule has 0 bridgehead atoms. The highest BCUT2D eigenvalue weighted by molar-refractivity contribution is 5.86. The largest absolute Gasteiger partial charge is 0.468 e. The Morgan fingerprint density at radius 1 is 1.37 bits per heavy atom. The standard InChI is InChI=1S/C14H18N2O3/c1-18-13(17)14(4-5-14)11-2-3-12(15-10-11)16-6-8-19-9-7-16/h2-3,10H,4-9H2,1H3. The zero-order valence-corrected chi connectivity index (χ0v) is 11.1. The van der Waals surface area contributed by atoms with Crippen molar-refractivity contribution in [3.8, 4) is 0 Å². The Labute approximate surface area is 112 Å². The second kappa shape index (κ2) is 4.81. The van der Waals surface area contributed by atoms with Crippen LogP contribution < -0.4 is 4.90 Å². The van der Waals surface area contributed by atoms with Crippen LogP contribution in [0, 0.1) is 0 Å². The molecule has 1 aliphatic heterocycles. The minimum Gasteiger partial charge on any atom is -0.468 e. The minimum atomic E-state index is -0.425. The normalized spacial score (nSPS) is 21.0. The Kier molecular flexibility index (Phi) is 3.14. The van der Waals surface area contributed by atoms with Crippen molar-refractivity contribution in [1.29, 1.82) is 0 Å². The van der Waals surface area contributed by atoms with Gasteiger partial charge >= 0.3 is 5.97 Å². The highest BCUT2D eigenvalue weighted by atomic mass is 16.5. The molecule has 1 aromatic heterocycles. The maximum atomic E-state index is 11.8. The number of methoxy groups -OCH3 is 1. The predicted octanol–water partition coefficient (Wildman–Crippen LogP) is 1.12. The molecule has 0 N–H and O–H groups in total. The van der Waals surface area contributed by atoms with Crippen LogP contribution in [-0.2, 0) is 19.7 Å². The number of rotatable bonds is 3. The number of morpholine rings is 1. The van der Waals surface area contributed by atoms with Crippen LogP contribution in [-0.4, -0.2) is 44.4 Å².